The lowest BCUT2D eigenvalue weighted by molar-refractivity contribution is -0.115. The third-order valence-corrected chi connectivity index (χ3v) is 6.79. The van der Waals surface area contributed by atoms with E-state index < -0.39 is 0 Å². The first-order valence-corrected chi connectivity index (χ1v) is 10.8. The summed E-state index contributed by atoms with van der Waals surface area (Å²) in [5, 5.41) is 11.3. The number of aromatic nitrogens is 2. The summed E-state index contributed by atoms with van der Waals surface area (Å²) in [7, 11) is 0. The highest BCUT2D eigenvalue weighted by Gasteiger charge is 2.22. The van der Waals surface area contributed by atoms with Crippen molar-refractivity contribution in [3.8, 4) is 10.8 Å². The van der Waals surface area contributed by atoms with Gasteiger partial charge in [-0.3, -0.25) is 4.79 Å². The van der Waals surface area contributed by atoms with E-state index in [1.807, 2.05) is 37.3 Å². The largest absolute Gasteiger partial charge is 0.410 e. The summed E-state index contributed by atoms with van der Waals surface area (Å²) >= 11 is 3.02. The fourth-order valence-electron chi connectivity index (χ4n) is 3.14. The topological polar surface area (TPSA) is 68.0 Å². The van der Waals surface area contributed by atoms with Gasteiger partial charge in [0.15, 0.2) is 0 Å². The van der Waals surface area contributed by atoms with E-state index in [9.17, 15) is 4.79 Å². The number of hydrogen-bond acceptors (Lipinski definition) is 6. The predicted molar refractivity (Wildman–Crippen MR) is 109 cm³/mol. The maximum absolute atomic E-state index is 12.3. The highest BCUT2D eigenvalue weighted by Crippen LogP contribution is 2.37. The fraction of sp³-hybridized carbons (Fsp3) is 0.350. The molecule has 140 valence electrons. The molecule has 7 heteroatoms. The number of carbonyl (C=O) groups excluding carboxylic acids is 1. The summed E-state index contributed by atoms with van der Waals surface area (Å²) in [5.74, 6) is 1.18. The maximum Gasteiger partial charge on any atom is 0.277 e. The number of thioether (sulfide) groups is 1. The molecule has 2 heterocycles. The number of hydrogen-bond donors (Lipinski definition) is 1. The number of benzene rings is 1. The lowest BCUT2D eigenvalue weighted by Gasteiger charge is -2.16. The number of para-hydroxylation sites is 1. The molecule has 0 aliphatic heterocycles. The van der Waals surface area contributed by atoms with E-state index in [4.69, 9.17) is 4.42 Å². The van der Waals surface area contributed by atoms with Crippen molar-refractivity contribution < 1.29 is 9.21 Å². The van der Waals surface area contributed by atoms with E-state index in [-0.39, 0.29) is 11.2 Å². The molecule has 3 aromatic rings. The van der Waals surface area contributed by atoms with Crippen molar-refractivity contribution in [3.05, 3.63) is 46.8 Å². The molecule has 4 rings (SSSR count). The Labute approximate surface area is 166 Å². The van der Waals surface area contributed by atoms with Crippen molar-refractivity contribution in [2.75, 3.05) is 5.32 Å². The number of thiophene rings is 1. The normalized spacial score (nSPS) is 17.3. The Morgan fingerprint density at radius 2 is 2.15 bits per heavy atom. The number of nitrogens with one attached hydrogen (secondary N) is 1. The number of fused-ring (bicyclic) bond motifs is 1. The highest BCUT2D eigenvalue weighted by molar-refractivity contribution is 8.00. The van der Waals surface area contributed by atoms with Crippen molar-refractivity contribution >= 4 is 34.7 Å². The van der Waals surface area contributed by atoms with Crippen LogP contribution in [0.25, 0.3) is 10.8 Å². The summed E-state index contributed by atoms with van der Waals surface area (Å²) in [4.78, 5) is 14.8. The van der Waals surface area contributed by atoms with Crippen molar-refractivity contribution in [2.24, 2.45) is 5.92 Å². The van der Waals surface area contributed by atoms with Crippen molar-refractivity contribution in [1.82, 2.24) is 10.2 Å². The van der Waals surface area contributed by atoms with Gasteiger partial charge in [0.25, 0.3) is 11.1 Å². The van der Waals surface area contributed by atoms with Gasteiger partial charge in [0.1, 0.15) is 0 Å². The second-order valence-electron chi connectivity index (χ2n) is 6.90. The molecule has 1 aromatic carbocycles. The van der Waals surface area contributed by atoms with Crippen LogP contribution < -0.4 is 5.32 Å². The molecule has 1 aliphatic rings. The Bertz CT molecular complexity index is 936. The monoisotopic (exact) mass is 399 g/mol. The van der Waals surface area contributed by atoms with Gasteiger partial charge in [-0.05, 0) is 55.9 Å². The molecule has 2 atom stereocenters. The van der Waals surface area contributed by atoms with Gasteiger partial charge in [-0.15, -0.1) is 21.5 Å². The zero-order valence-corrected chi connectivity index (χ0v) is 16.9. The van der Waals surface area contributed by atoms with E-state index in [0.717, 1.165) is 29.3 Å². The number of anilines is 1. The summed E-state index contributed by atoms with van der Waals surface area (Å²) in [6.07, 6.45) is 3.50. The van der Waals surface area contributed by atoms with E-state index in [1.54, 1.807) is 11.3 Å². The van der Waals surface area contributed by atoms with Crippen molar-refractivity contribution in [3.63, 3.8) is 0 Å². The van der Waals surface area contributed by atoms with Crippen molar-refractivity contribution in [1.29, 1.82) is 0 Å². The molecule has 0 spiro atoms. The van der Waals surface area contributed by atoms with Gasteiger partial charge >= 0.3 is 0 Å². The number of rotatable bonds is 5. The summed E-state index contributed by atoms with van der Waals surface area (Å²) in [6, 6.07) is 11.6. The lowest BCUT2D eigenvalue weighted by Crippen LogP contribution is -2.22. The molecule has 2 aromatic heterocycles. The number of aryl methyl sites for hydroxylation is 1. The van der Waals surface area contributed by atoms with Crippen LogP contribution in [-0.2, 0) is 17.6 Å². The van der Waals surface area contributed by atoms with Gasteiger partial charge < -0.3 is 9.73 Å². The molecule has 1 amide bonds. The van der Waals surface area contributed by atoms with E-state index in [0.29, 0.717) is 11.1 Å². The van der Waals surface area contributed by atoms with Crippen LogP contribution in [0.1, 0.15) is 30.7 Å². The number of nitrogens with zero attached hydrogens (tertiary/aromatic N) is 2. The Hall–Kier alpha value is -2.12. The third-order valence-electron chi connectivity index (χ3n) is 4.63. The average Bonchev–Trinajstić information content (AvgIpc) is 3.28. The molecule has 0 radical (unpaired) electrons. The molecule has 0 unspecified atom stereocenters. The van der Waals surface area contributed by atoms with E-state index in [2.05, 4.69) is 28.5 Å². The predicted octanol–water partition coefficient (Wildman–Crippen LogP) is 5.04. The highest BCUT2D eigenvalue weighted by atomic mass is 32.2. The molecule has 0 saturated heterocycles. The van der Waals surface area contributed by atoms with Gasteiger partial charge in [-0.1, -0.05) is 36.9 Å². The van der Waals surface area contributed by atoms with Crippen LogP contribution in [0.2, 0.25) is 0 Å². The first-order chi connectivity index (χ1) is 13.1. The molecule has 0 fully saturated rings. The van der Waals surface area contributed by atoms with Crippen LogP contribution in [0.15, 0.2) is 46.0 Å². The summed E-state index contributed by atoms with van der Waals surface area (Å²) in [5.41, 5.74) is 2.19. The molecular formula is C20H21N3O2S2. The molecule has 0 bridgehead atoms. The second kappa shape index (κ2) is 7.86. The zero-order chi connectivity index (χ0) is 18.8. The van der Waals surface area contributed by atoms with Crippen LogP contribution in [0.5, 0.6) is 0 Å². The molecule has 1 N–H and O–H groups in total. The van der Waals surface area contributed by atoms with Crippen LogP contribution in [0, 0.1) is 5.92 Å². The minimum Gasteiger partial charge on any atom is -0.410 e. The van der Waals surface area contributed by atoms with Crippen LogP contribution in [-0.4, -0.2) is 21.4 Å². The van der Waals surface area contributed by atoms with Crippen LogP contribution >= 0.6 is 23.1 Å². The van der Waals surface area contributed by atoms with Gasteiger partial charge in [0.05, 0.1) is 10.1 Å². The quantitative estimate of drug-likeness (QED) is 0.609. The Morgan fingerprint density at radius 1 is 1.33 bits per heavy atom. The first kappa shape index (κ1) is 18.3. The van der Waals surface area contributed by atoms with E-state index in [1.165, 1.54) is 28.6 Å². The molecular weight excluding hydrogens is 378 g/mol. The van der Waals surface area contributed by atoms with Crippen molar-refractivity contribution in [2.45, 2.75) is 43.6 Å². The molecule has 27 heavy (non-hydrogen) atoms. The second-order valence-corrected chi connectivity index (χ2v) is 9.32. The van der Waals surface area contributed by atoms with Gasteiger partial charge in [0.2, 0.25) is 5.91 Å². The Balaban J connectivity index is 1.41. The molecule has 5 nitrogen and oxygen atoms in total. The molecule has 0 saturated carbocycles. The maximum atomic E-state index is 12.3. The van der Waals surface area contributed by atoms with Crippen LogP contribution in [0.4, 0.5) is 5.69 Å². The first-order valence-electron chi connectivity index (χ1n) is 9.06. The Kier molecular flexibility index (Phi) is 5.31. The smallest absolute Gasteiger partial charge is 0.277 e. The minimum absolute atomic E-state index is 0.0912. The third kappa shape index (κ3) is 4.25. The lowest BCUT2D eigenvalue weighted by atomic mass is 9.90. The minimum atomic E-state index is -0.337. The number of amides is 1. The average molecular weight is 400 g/mol. The zero-order valence-electron chi connectivity index (χ0n) is 15.3. The summed E-state index contributed by atoms with van der Waals surface area (Å²) < 4.78 is 5.82. The van der Waals surface area contributed by atoms with Gasteiger partial charge in [-0.2, -0.15) is 0 Å². The van der Waals surface area contributed by atoms with Gasteiger partial charge in [0, 0.05) is 10.6 Å². The SMILES string of the molecule is C[C@H]1CCc2sc(-c3nnc(S[C@@H](C)C(=O)Nc4ccccc4)o3)cc2C1. The molecule has 1 aliphatic carbocycles. The summed E-state index contributed by atoms with van der Waals surface area (Å²) in [6.45, 7) is 4.13. The fourth-order valence-corrected chi connectivity index (χ4v) is 4.95. The van der Waals surface area contributed by atoms with Gasteiger partial charge in [-0.25, -0.2) is 0 Å². The standard InChI is InChI=1S/C20H21N3O2S2/c1-12-8-9-16-14(10-12)11-17(27-16)19-22-23-20(25-19)26-13(2)18(24)21-15-6-4-3-5-7-15/h3-7,11-13H,8-10H2,1-2H3,(H,21,24)/t12-,13-/m0/s1. The number of carbonyl (C=O) groups is 1. The van der Waals surface area contributed by atoms with Crippen LogP contribution in [0.3, 0.4) is 0 Å². The van der Waals surface area contributed by atoms with E-state index >= 15 is 0 Å². The Morgan fingerprint density at radius 3 is 2.96 bits per heavy atom.